The number of hydrogen-bond acceptors (Lipinski definition) is 4. The van der Waals surface area contributed by atoms with Gasteiger partial charge in [-0.15, -0.1) is 0 Å². The van der Waals surface area contributed by atoms with Crippen LogP contribution in [0.3, 0.4) is 0 Å². The smallest absolute Gasteiger partial charge is 0.410 e. The molecule has 0 aliphatic carbocycles. The van der Waals surface area contributed by atoms with E-state index < -0.39 is 44.3 Å². The molecule has 1 aliphatic heterocycles. The zero-order valence-corrected chi connectivity index (χ0v) is 17.1. The Bertz CT molecular complexity index is 796. The molecule has 1 heterocycles. The zero-order chi connectivity index (χ0) is 19.7. The molecule has 1 aliphatic rings. The third-order valence-electron chi connectivity index (χ3n) is 3.66. The van der Waals surface area contributed by atoms with E-state index in [9.17, 15) is 22.0 Å². The molecule has 6 nitrogen and oxygen atoms in total. The van der Waals surface area contributed by atoms with E-state index >= 15 is 0 Å². The van der Waals surface area contributed by atoms with Crippen molar-refractivity contribution in [3.05, 3.63) is 28.2 Å². The van der Waals surface area contributed by atoms with Gasteiger partial charge in [0.2, 0.25) is 10.0 Å². The highest BCUT2D eigenvalue weighted by atomic mass is 79.9. The lowest BCUT2D eigenvalue weighted by molar-refractivity contribution is 0.0195. The molecule has 10 heteroatoms. The number of carbonyl (C=O) groups excluding carboxylic acids is 1. The molecule has 0 saturated carbocycles. The van der Waals surface area contributed by atoms with Crippen molar-refractivity contribution in [3.63, 3.8) is 0 Å². The van der Waals surface area contributed by atoms with E-state index in [2.05, 4.69) is 20.7 Å². The van der Waals surface area contributed by atoms with Gasteiger partial charge in [0, 0.05) is 25.2 Å². The molecule has 1 N–H and O–H groups in total. The minimum atomic E-state index is -4.21. The van der Waals surface area contributed by atoms with Gasteiger partial charge in [-0.25, -0.2) is 26.7 Å². The van der Waals surface area contributed by atoms with Gasteiger partial charge in [0.1, 0.15) is 22.1 Å². The molecule has 1 aromatic rings. The maximum Gasteiger partial charge on any atom is 0.410 e. The van der Waals surface area contributed by atoms with Crippen molar-refractivity contribution >= 4 is 32.0 Å². The second-order valence-corrected chi connectivity index (χ2v) is 9.62. The maximum atomic E-state index is 13.9. The van der Waals surface area contributed by atoms with Crippen LogP contribution in [-0.2, 0) is 14.8 Å². The van der Waals surface area contributed by atoms with Crippen molar-refractivity contribution in [2.45, 2.75) is 50.2 Å². The first-order chi connectivity index (χ1) is 11.9. The summed E-state index contributed by atoms with van der Waals surface area (Å²) in [6.07, 6.45) is 0.530. The fraction of sp³-hybridized carbons (Fsp3) is 0.562. The third-order valence-corrected chi connectivity index (χ3v) is 5.80. The number of hydrogen-bond donors (Lipinski definition) is 1. The molecular weight excluding hydrogens is 434 g/mol. The van der Waals surface area contributed by atoms with E-state index in [-0.39, 0.29) is 11.0 Å². The molecule has 1 amide bonds. The molecule has 1 aromatic carbocycles. The van der Waals surface area contributed by atoms with Crippen LogP contribution in [0.1, 0.15) is 33.6 Å². The lowest BCUT2D eigenvalue weighted by Crippen LogP contribution is -2.50. The average molecular weight is 455 g/mol. The van der Waals surface area contributed by atoms with Gasteiger partial charge < -0.3 is 9.64 Å². The summed E-state index contributed by atoms with van der Waals surface area (Å²) in [4.78, 5) is 12.9. The number of carbonyl (C=O) groups is 1. The number of rotatable bonds is 3. The summed E-state index contributed by atoms with van der Waals surface area (Å²) < 4.78 is 59.7. The van der Waals surface area contributed by atoms with Crippen LogP contribution in [0.5, 0.6) is 0 Å². The lowest BCUT2D eigenvalue weighted by Gasteiger charge is -2.34. The standard InChI is InChI=1S/C16H21BrF2N2O4S/c1-16(2,3)25-15(22)21-6-4-5-10(9-21)20-26(23,24)14-7-11(17)12(18)8-13(14)19/h7-8,10,20H,4-6,9H2,1-3H3/t10-/m0/s1. The molecule has 0 aromatic heterocycles. The molecule has 1 saturated heterocycles. The third kappa shape index (κ3) is 5.37. The minimum Gasteiger partial charge on any atom is -0.444 e. The molecule has 0 bridgehead atoms. The van der Waals surface area contributed by atoms with E-state index in [0.717, 1.165) is 6.07 Å². The highest BCUT2D eigenvalue weighted by molar-refractivity contribution is 9.10. The lowest BCUT2D eigenvalue weighted by atomic mass is 10.1. The van der Waals surface area contributed by atoms with E-state index in [0.29, 0.717) is 25.5 Å². The number of piperidine rings is 1. The monoisotopic (exact) mass is 454 g/mol. The average Bonchev–Trinajstić information content (AvgIpc) is 2.49. The van der Waals surface area contributed by atoms with Crippen LogP contribution < -0.4 is 4.72 Å². The van der Waals surface area contributed by atoms with Gasteiger partial charge in [0.25, 0.3) is 0 Å². The van der Waals surface area contributed by atoms with Crippen molar-refractivity contribution in [3.8, 4) is 0 Å². The Hall–Kier alpha value is -1.26. The normalized spacial score (nSPS) is 18.7. The topological polar surface area (TPSA) is 75.7 Å². The summed E-state index contributed by atoms with van der Waals surface area (Å²) >= 11 is 2.85. The van der Waals surface area contributed by atoms with Gasteiger partial charge in [-0.2, -0.15) is 0 Å². The largest absolute Gasteiger partial charge is 0.444 e. The van der Waals surface area contributed by atoms with Crippen LogP contribution in [0.25, 0.3) is 0 Å². The number of benzene rings is 1. The first-order valence-corrected chi connectivity index (χ1v) is 10.3. The quantitative estimate of drug-likeness (QED) is 0.709. The Morgan fingerprint density at radius 1 is 1.31 bits per heavy atom. The molecule has 0 radical (unpaired) electrons. The summed E-state index contributed by atoms with van der Waals surface area (Å²) in [7, 11) is -4.21. The van der Waals surface area contributed by atoms with Crippen LogP contribution in [0, 0.1) is 11.6 Å². The first kappa shape index (κ1) is 21.0. The Labute approximate surface area is 160 Å². The van der Waals surface area contributed by atoms with E-state index in [1.165, 1.54) is 4.90 Å². The molecule has 0 spiro atoms. The van der Waals surface area contributed by atoms with Crippen molar-refractivity contribution < 1.29 is 26.7 Å². The summed E-state index contributed by atoms with van der Waals surface area (Å²) in [6, 6.07) is 0.790. The van der Waals surface area contributed by atoms with Crippen molar-refractivity contribution in [2.24, 2.45) is 0 Å². The fourth-order valence-electron chi connectivity index (χ4n) is 2.56. The number of ether oxygens (including phenoxy) is 1. The van der Waals surface area contributed by atoms with Crippen molar-refractivity contribution in [1.29, 1.82) is 0 Å². The molecule has 1 atom stereocenters. The fourth-order valence-corrected chi connectivity index (χ4v) is 4.40. The van der Waals surface area contributed by atoms with Crippen LogP contribution in [0.2, 0.25) is 0 Å². The SMILES string of the molecule is CC(C)(C)OC(=O)N1CCC[C@H](NS(=O)(=O)c2cc(Br)c(F)cc2F)C1. The number of likely N-dealkylation sites (tertiary alicyclic amines) is 1. The molecule has 146 valence electrons. The van der Waals surface area contributed by atoms with Crippen LogP contribution in [0.4, 0.5) is 13.6 Å². The van der Waals surface area contributed by atoms with E-state index in [1.54, 1.807) is 20.8 Å². The summed E-state index contributed by atoms with van der Waals surface area (Å²) in [6.45, 7) is 5.78. The van der Waals surface area contributed by atoms with Gasteiger partial charge in [-0.3, -0.25) is 0 Å². The highest BCUT2D eigenvalue weighted by Crippen LogP contribution is 2.24. The second kappa shape index (κ2) is 7.77. The second-order valence-electron chi connectivity index (χ2n) is 7.08. The Morgan fingerprint density at radius 3 is 2.58 bits per heavy atom. The Balaban J connectivity index is 2.12. The Morgan fingerprint density at radius 2 is 1.96 bits per heavy atom. The summed E-state index contributed by atoms with van der Waals surface area (Å²) in [5.41, 5.74) is -0.660. The van der Waals surface area contributed by atoms with Gasteiger partial charge >= 0.3 is 6.09 Å². The van der Waals surface area contributed by atoms with E-state index in [4.69, 9.17) is 4.74 Å². The number of sulfonamides is 1. The van der Waals surface area contributed by atoms with Gasteiger partial charge in [-0.05, 0) is 55.6 Å². The predicted octanol–water partition coefficient (Wildman–Crippen LogP) is 3.41. The molecule has 2 rings (SSSR count). The van der Waals surface area contributed by atoms with E-state index in [1.807, 2.05) is 0 Å². The molecule has 0 unspecified atom stereocenters. The molecule has 26 heavy (non-hydrogen) atoms. The number of amides is 1. The number of nitrogens with zero attached hydrogens (tertiary/aromatic N) is 1. The first-order valence-electron chi connectivity index (χ1n) is 8.04. The van der Waals surface area contributed by atoms with Gasteiger partial charge in [0.15, 0.2) is 0 Å². The van der Waals surface area contributed by atoms with Gasteiger partial charge in [0.05, 0.1) is 4.47 Å². The van der Waals surface area contributed by atoms with Crippen LogP contribution >= 0.6 is 15.9 Å². The highest BCUT2D eigenvalue weighted by Gasteiger charge is 2.31. The van der Waals surface area contributed by atoms with Crippen molar-refractivity contribution in [1.82, 2.24) is 9.62 Å². The van der Waals surface area contributed by atoms with Crippen molar-refractivity contribution in [2.75, 3.05) is 13.1 Å². The molecule has 1 fully saturated rings. The van der Waals surface area contributed by atoms with Crippen LogP contribution in [-0.4, -0.2) is 44.1 Å². The minimum absolute atomic E-state index is 0.109. The van der Waals surface area contributed by atoms with Crippen LogP contribution in [0.15, 0.2) is 21.5 Å². The Kier molecular flexibility index (Phi) is 6.29. The summed E-state index contributed by atoms with van der Waals surface area (Å²) in [5.74, 6) is -2.08. The predicted molar refractivity (Wildman–Crippen MR) is 95.2 cm³/mol. The maximum absolute atomic E-state index is 13.9. The van der Waals surface area contributed by atoms with Gasteiger partial charge in [-0.1, -0.05) is 0 Å². The number of nitrogens with one attached hydrogen (secondary N) is 1. The number of halogens is 3. The molecular formula is C16H21BrF2N2O4S. The summed E-state index contributed by atoms with van der Waals surface area (Å²) in [5, 5.41) is 0. The zero-order valence-electron chi connectivity index (χ0n) is 14.7.